The topological polar surface area (TPSA) is 114 Å². The number of aliphatic hydroxyl groups is 1. The van der Waals surface area contributed by atoms with E-state index in [0.717, 1.165) is 17.6 Å². The molecule has 0 bridgehead atoms. The smallest absolute Gasteiger partial charge is 0.395 e. The fraction of sp³-hybridized carbons (Fsp3) is 0.214. The van der Waals surface area contributed by atoms with Gasteiger partial charge in [-0.25, -0.2) is 13.4 Å². The predicted molar refractivity (Wildman–Crippen MR) is 88.3 cm³/mol. The second-order valence-corrected chi connectivity index (χ2v) is 8.90. The van der Waals surface area contributed by atoms with Crippen molar-refractivity contribution in [3.8, 4) is 11.5 Å². The van der Waals surface area contributed by atoms with Crippen molar-refractivity contribution in [2.24, 2.45) is 0 Å². The molecule has 4 rings (SSSR count). The number of aliphatic hydroxyl groups excluding tert-OH is 1. The highest BCUT2D eigenvalue weighted by molar-refractivity contribution is 7.92. The molecule has 0 amide bonds. The van der Waals surface area contributed by atoms with E-state index < -0.39 is 22.4 Å². The molecule has 3 N–H and O–H groups in total. The van der Waals surface area contributed by atoms with E-state index in [1.165, 1.54) is 24.3 Å². The lowest BCUT2D eigenvalue weighted by atomic mass is 10.3. The van der Waals surface area contributed by atoms with Crippen LogP contribution in [0.15, 0.2) is 28.5 Å². The summed E-state index contributed by atoms with van der Waals surface area (Å²) in [5.41, 5.74) is 0.713. The van der Waals surface area contributed by atoms with Crippen LogP contribution in [-0.4, -0.2) is 36.0 Å². The Bertz CT molecular complexity index is 1060. The number of thiophene rings is 1. The number of alkyl halides is 2. The zero-order chi connectivity index (χ0) is 18.7. The molecule has 0 spiro atoms. The summed E-state index contributed by atoms with van der Waals surface area (Å²) < 4.78 is 58.0. The van der Waals surface area contributed by atoms with Crippen LogP contribution >= 0.6 is 11.3 Å². The van der Waals surface area contributed by atoms with E-state index in [4.69, 9.17) is 0 Å². The minimum Gasteiger partial charge on any atom is -0.395 e. The standard InChI is InChI=1S/C14H11F2N3O5S2/c1-26(21,22)11-3-2-10(25-11)12(20)19-13-17-6-4-8-9(5-7(6)18-13)24-14(15,16)23-8/h2-5,12,20H,1H3,(H2,17,18,19). The van der Waals surface area contributed by atoms with Crippen molar-refractivity contribution in [1.82, 2.24) is 9.97 Å². The molecule has 0 saturated heterocycles. The second-order valence-electron chi connectivity index (χ2n) is 5.54. The first-order valence-electron chi connectivity index (χ1n) is 7.15. The Labute approximate surface area is 149 Å². The largest absolute Gasteiger partial charge is 0.586 e. The monoisotopic (exact) mass is 403 g/mol. The summed E-state index contributed by atoms with van der Waals surface area (Å²) in [4.78, 5) is 7.33. The Hall–Kier alpha value is -2.44. The molecule has 2 aromatic heterocycles. The maximum atomic E-state index is 13.1. The van der Waals surface area contributed by atoms with Crippen LogP contribution in [0, 0.1) is 0 Å². The van der Waals surface area contributed by atoms with E-state index in [1.54, 1.807) is 0 Å². The Morgan fingerprint density at radius 2 is 2.00 bits per heavy atom. The van der Waals surface area contributed by atoms with Crippen LogP contribution in [0.5, 0.6) is 11.5 Å². The van der Waals surface area contributed by atoms with Crippen LogP contribution in [-0.2, 0) is 9.84 Å². The molecule has 0 fully saturated rings. The number of aromatic amines is 1. The molecule has 26 heavy (non-hydrogen) atoms. The third-order valence-electron chi connectivity index (χ3n) is 3.52. The highest BCUT2D eigenvalue weighted by Gasteiger charge is 2.43. The molecule has 0 saturated carbocycles. The van der Waals surface area contributed by atoms with Crippen LogP contribution < -0.4 is 14.8 Å². The molecule has 1 aliphatic rings. The zero-order valence-corrected chi connectivity index (χ0v) is 14.6. The van der Waals surface area contributed by atoms with E-state index in [1.807, 2.05) is 0 Å². The predicted octanol–water partition coefficient (Wildman–Crippen LogP) is 2.45. The van der Waals surface area contributed by atoms with Crippen molar-refractivity contribution in [3.05, 3.63) is 29.1 Å². The summed E-state index contributed by atoms with van der Waals surface area (Å²) in [6.07, 6.45) is -3.84. The van der Waals surface area contributed by atoms with Gasteiger partial charge in [-0.05, 0) is 12.1 Å². The minimum atomic E-state index is -3.71. The number of nitrogens with one attached hydrogen (secondary N) is 2. The van der Waals surface area contributed by atoms with Crippen LogP contribution in [0.25, 0.3) is 11.0 Å². The molecule has 1 aliphatic heterocycles. The number of sulfone groups is 1. The van der Waals surface area contributed by atoms with E-state index in [0.29, 0.717) is 15.9 Å². The first kappa shape index (κ1) is 17.0. The number of anilines is 1. The molecular weight excluding hydrogens is 392 g/mol. The van der Waals surface area contributed by atoms with Crippen LogP contribution in [0.3, 0.4) is 0 Å². The van der Waals surface area contributed by atoms with Gasteiger partial charge in [-0.15, -0.1) is 20.1 Å². The maximum Gasteiger partial charge on any atom is 0.586 e. The van der Waals surface area contributed by atoms with E-state index >= 15 is 0 Å². The number of rotatable bonds is 4. The number of aromatic nitrogens is 2. The van der Waals surface area contributed by atoms with Crippen molar-refractivity contribution in [3.63, 3.8) is 0 Å². The van der Waals surface area contributed by atoms with Gasteiger partial charge in [0, 0.05) is 18.4 Å². The van der Waals surface area contributed by atoms with Crippen molar-refractivity contribution in [1.29, 1.82) is 0 Å². The number of fused-ring (bicyclic) bond motifs is 2. The van der Waals surface area contributed by atoms with E-state index in [2.05, 4.69) is 24.8 Å². The SMILES string of the molecule is CS(=O)(=O)c1ccc(C(O)Nc2nc3cc4c(cc3[nH]2)OC(F)(F)O4)s1. The summed E-state index contributed by atoms with van der Waals surface area (Å²) in [6, 6.07) is 5.48. The number of ether oxygens (including phenoxy) is 2. The normalized spacial score (nSPS) is 16.8. The van der Waals surface area contributed by atoms with Gasteiger partial charge in [-0.1, -0.05) is 0 Å². The van der Waals surface area contributed by atoms with Crippen molar-refractivity contribution < 1.29 is 31.8 Å². The number of benzene rings is 1. The molecule has 0 radical (unpaired) electrons. The lowest BCUT2D eigenvalue weighted by Gasteiger charge is -2.09. The molecule has 8 nitrogen and oxygen atoms in total. The van der Waals surface area contributed by atoms with Crippen molar-refractivity contribution >= 4 is 38.2 Å². The lowest BCUT2D eigenvalue weighted by molar-refractivity contribution is -0.286. The number of hydrogen-bond donors (Lipinski definition) is 3. The first-order valence-corrected chi connectivity index (χ1v) is 9.85. The lowest BCUT2D eigenvalue weighted by Crippen LogP contribution is -2.25. The zero-order valence-electron chi connectivity index (χ0n) is 13.0. The number of halogens is 2. The summed E-state index contributed by atoms with van der Waals surface area (Å²) >= 11 is 0.926. The van der Waals surface area contributed by atoms with Gasteiger partial charge in [0.2, 0.25) is 5.95 Å². The summed E-state index contributed by atoms with van der Waals surface area (Å²) in [5.74, 6) is -0.108. The first-order chi connectivity index (χ1) is 12.1. The highest BCUT2D eigenvalue weighted by Crippen LogP contribution is 2.43. The van der Waals surface area contributed by atoms with Gasteiger partial charge >= 0.3 is 6.29 Å². The number of hydrogen-bond acceptors (Lipinski definition) is 8. The second kappa shape index (κ2) is 5.53. The fourth-order valence-electron chi connectivity index (χ4n) is 2.40. The number of H-pyrrole nitrogens is 1. The van der Waals surface area contributed by atoms with Crippen LogP contribution in [0.4, 0.5) is 14.7 Å². The average Bonchev–Trinajstić information content (AvgIpc) is 3.17. The molecular formula is C14H11F2N3O5S2. The molecule has 3 aromatic rings. The summed E-state index contributed by atoms with van der Waals surface area (Å²) in [5, 5.41) is 12.9. The third-order valence-corrected chi connectivity index (χ3v) is 6.47. The quantitative estimate of drug-likeness (QED) is 0.574. The fourth-order valence-corrected chi connectivity index (χ4v) is 4.29. The van der Waals surface area contributed by atoms with E-state index in [-0.39, 0.29) is 21.7 Å². The van der Waals surface area contributed by atoms with Crippen LogP contribution in [0.1, 0.15) is 11.1 Å². The molecule has 1 atom stereocenters. The number of nitrogens with zero attached hydrogens (tertiary/aromatic N) is 1. The average molecular weight is 403 g/mol. The molecule has 0 aliphatic carbocycles. The molecule has 1 unspecified atom stereocenters. The maximum absolute atomic E-state index is 13.1. The summed E-state index contributed by atoms with van der Waals surface area (Å²) in [7, 11) is -3.36. The van der Waals surface area contributed by atoms with Gasteiger partial charge < -0.3 is 24.9 Å². The minimum absolute atomic E-state index is 0.129. The van der Waals surface area contributed by atoms with Gasteiger partial charge in [-0.2, -0.15) is 0 Å². The Morgan fingerprint density at radius 1 is 1.31 bits per heavy atom. The van der Waals surface area contributed by atoms with E-state index in [9.17, 15) is 22.3 Å². The van der Waals surface area contributed by atoms with Gasteiger partial charge in [0.05, 0.1) is 15.9 Å². The van der Waals surface area contributed by atoms with Crippen molar-refractivity contribution in [2.75, 3.05) is 11.6 Å². The third kappa shape index (κ3) is 3.06. The van der Waals surface area contributed by atoms with Gasteiger partial charge in [-0.3, -0.25) is 0 Å². The van der Waals surface area contributed by atoms with Gasteiger partial charge in [0.25, 0.3) is 0 Å². The van der Waals surface area contributed by atoms with Crippen LogP contribution in [0.2, 0.25) is 0 Å². The van der Waals surface area contributed by atoms with Gasteiger partial charge in [0.1, 0.15) is 4.21 Å². The highest BCUT2D eigenvalue weighted by atomic mass is 32.2. The molecule has 138 valence electrons. The molecule has 1 aromatic carbocycles. The molecule has 3 heterocycles. The Kier molecular flexibility index (Phi) is 3.61. The Morgan fingerprint density at radius 3 is 2.65 bits per heavy atom. The number of imidazole rings is 1. The summed E-state index contributed by atoms with van der Waals surface area (Å²) in [6.45, 7) is 0. The van der Waals surface area contributed by atoms with Crippen molar-refractivity contribution in [2.45, 2.75) is 16.7 Å². The molecule has 12 heteroatoms. The Balaban J connectivity index is 1.57. The van der Waals surface area contributed by atoms with Gasteiger partial charge in [0.15, 0.2) is 27.6 Å².